The van der Waals surface area contributed by atoms with Gasteiger partial charge in [-0.3, -0.25) is 0 Å². The van der Waals surface area contributed by atoms with Gasteiger partial charge in [0.15, 0.2) is 0 Å². The maximum atomic E-state index is 8.89. The van der Waals surface area contributed by atoms with Gasteiger partial charge in [0.2, 0.25) is 0 Å². The molecule has 2 aromatic rings. The van der Waals surface area contributed by atoms with Gasteiger partial charge in [0.25, 0.3) is 0 Å². The molecule has 1 atom stereocenters. The SMILES string of the molecule is CCCC(N)c1ccn(Cc2cccc(C#N)c2)c1. The maximum Gasteiger partial charge on any atom is 0.0991 e. The first kappa shape index (κ1) is 13.4. The quantitative estimate of drug-likeness (QED) is 0.889. The number of hydrogen-bond acceptors (Lipinski definition) is 2. The van der Waals surface area contributed by atoms with Gasteiger partial charge in [-0.15, -0.1) is 0 Å². The molecule has 0 aliphatic heterocycles. The normalized spacial score (nSPS) is 12.1. The van der Waals surface area contributed by atoms with E-state index in [1.54, 1.807) is 0 Å². The second-order valence-corrected chi connectivity index (χ2v) is 4.82. The highest BCUT2D eigenvalue weighted by Crippen LogP contribution is 2.17. The standard InChI is InChI=1S/C16H19N3/c1-2-4-16(18)15-7-8-19(12-15)11-14-6-3-5-13(9-14)10-17/h3,5-9,12,16H,2,4,11,18H2,1H3. The van der Waals surface area contributed by atoms with E-state index in [2.05, 4.69) is 29.8 Å². The van der Waals surface area contributed by atoms with Crippen molar-refractivity contribution in [1.29, 1.82) is 5.26 Å². The second-order valence-electron chi connectivity index (χ2n) is 4.82. The van der Waals surface area contributed by atoms with Crippen LogP contribution in [0.5, 0.6) is 0 Å². The van der Waals surface area contributed by atoms with E-state index in [9.17, 15) is 0 Å². The molecule has 0 saturated carbocycles. The highest BCUT2D eigenvalue weighted by atomic mass is 14.9. The van der Waals surface area contributed by atoms with E-state index in [4.69, 9.17) is 11.0 Å². The summed E-state index contributed by atoms with van der Waals surface area (Å²) in [6.45, 7) is 2.92. The van der Waals surface area contributed by atoms with Gasteiger partial charge in [-0.2, -0.15) is 5.26 Å². The lowest BCUT2D eigenvalue weighted by atomic mass is 10.1. The summed E-state index contributed by atoms with van der Waals surface area (Å²) in [4.78, 5) is 0. The maximum absolute atomic E-state index is 8.89. The zero-order chi connectivity index (χ0) is 13.7. The molecule has 0 bridgehead atoms. The van der Waals surface area contributed by atoms with Crippen LogP contribution < -0.4 is 5.73 Å². The lowest BCUT2D eigenvalue weighted by molar-refractivity contribution is 0.636. The van der Waals surface area contributed by atoms with Gasteiger partial charge in [0.1, 0.15) is 0 Å². The number of rotatable bonds is 5. The van der Waals surface area contributed by atoms with Gasteiger partial charge in [-0.1, -0.05) is 25.5 Å². The van der Waals surface area contributed by atoms with Crippen LogP contribution >= 0.6 is 0 Å². The van der Waals surface area contributed by atoms with E-state index in [0.29, 0.717) is 5.56 Å². The Hall–Kier alpha value is -2.05. The summed E-state index contributed by atoms with van der Waals surface area (Å²) in [5.41, 5.74) is 9.11. The highest BCUT2D eigenvalue weighted by Gasteiger charge is 2.06. The first-order valence-corrected chi connectivity index (χ1v) is 6.63. The molecule has 1 aromatic heterocycles. The van der Waals surface area contributed by atoms with Crippen LogP contribution in [0.3, 0.4) is 0 Å². The van der Waals surface area contributed by atoms with Crippen LogP contribution in [0.1, 0.15) is 42.5 Å². The Morgan fingerprint density at radius 3 is 2.95 bits per heavy atom. The zero-order valence-corrected chi connectivity index (χ0v) is 11.2. The van der Waals surface area contributed by atoms with Crippen molar-refractivity contribution in [3.63, 3.8) is 0 Å². The summed E-state index contributed by atoms with van der Waals surface area (Å²) >= 11 is 0. The lowest BCUT2D eigenvalue weighted by Crippen LogP contribution is -2.08. The van der Waals surface area contributed by atoms with Crippen LogP contribution in [0.2, 0.25) is 0 Å². The summed E-state index contributed by atoms with van der Waals surface area (Å²) in [6.07, 6.45) is 6.24. The fraction of sp³-hybridized carbons (Fsp3) is 0.312. The zero-order valence-electron chi connectivity index (χ0n) is 11.2. The number of benzene rings is 1. The molecule has 2 rings (SSSR count). The predicted molar refractivity (Wildman–Crippen MR) is 76.5 cm³/mol. The summed E-state index contributed by atoms with van der Waals surface area (Å²) in [7, 11) is 0. The Morgan fingerprint density at radius 2 is 2.21 bits per heavy atom. The van der Waals surface area contributed by atoms with Crippen LogP contribution in [0.15, 0.2) is 42.7 Å². The Bertz CT molecular complexity index is 578. The molecule has 2 N–H and O–H groups in total. The Labute approximate surface area is 114 Å². The fourth-order valence-electron chi connectivity index (χ4n) is 2.20. The molecule has 0 aliphatic carbocycles. The summed E-state index contributed by atoms with van der Waals surface area (Å²) < 4.78 is 2.11. The van der Waals surface area contributed by atoms with Gasteiger partial charge in [0, 0.05) is 25.0 Å². The molecule has 0 aliphatic rings. The predicted octanol–water partition coefficient (Wildman–Crippen LogP) is 3.21. The van der Waals surface area contributed by atoms with Gasteiger partial charge >= 0.3 is 0 Å². The number of nitrogens with two attached hydrogens (primary N) is 1. The third-order valence-electron chi connectivity index (χ3n) is 3.22. The molecule has 3 nitrogen and oxygen atoms in total. The monoisotopic (exact) mass is 253 g/mol. The van der Waals surface area contributed by atoms with Crippen molar-refractivity contribution in [1.82, 2.24) is 4.57 Å². The van der Waals surface area contributed by atoms with Gasteiger partial charge < -0.3 is 10.3 Å². The molecule has 0 spiro atoms. The van der Waals surface area contributed by atoms with Crippen molar-refractivity contribution in [3.05, 3.63) is 59.4 Å². The van der Waals surface area contributed by atoms with Crippen molar-refractivity contribution in [2.24, 2.45) is 5.73 Å². The molecule has 0 saturated heterocycles. The summed E-state index contributed by atoms with van der Waals surface area (Å²) in [5.74, 6) is 0. The fourth-order valence-corrected chi connectivity index (χ4v) is 2.20. The average molecular weight is 253 g/mol. The number of nitrogens with zero attached hydrogens (tertiary/aromatic N) is 2. The molecule has 1 aromatic carbocycles. The van der Waals surface area contributed by atoms with E-state index < -0.39 is 0 Å². The first-order valence-electron chi connectivity index (χ1n) is 6.63. The van der Waals surface area contributed by atoms with E-state index in [1.165, 1.54) is 5.56 Å². The third kappa shape index (κ3) is 3.46. The largest absolute Gasteiger partial charge is 0.350 e. The molecule has 1 heterocycles. The third-order valence-corrected chi connectivity index (χ3v) is 3.22. The number of nitriles is 1. The van der Waals surface area contributed by atoms with E-state index in [0.717, 1.165) is 24.9 Å². The van der Waals surface area contributed by atoms with Crippen LogP contribution in [-0.2, 0) is 6.54 Å². The van der Waals surface area contributed by atoms with Crippen molar-refractivity contribution < 1.29 is 0 Å². The van der Waals surface area contributed by atoms with Gasteiger partial charge in [0.05, 0.1) is 11.6 Å². The molecule has 19 heavy (non-hydrogen) atoms. The smallest absolute Gasteiger partial charge is 0.0991 e. The molecule has 3 heteroatoms. The van der Waals surface area contributed by atoms with E-state index >= 15 is 0 Å². The minimum Gasteiger partial charge on any atom is -0.350 e. The molecule has 0 amide bonds. The van der Waals surface area contributed by atoms with Crippen molar-refractivity contribution in [2.45, 2.75) is 32.4 Å². The highest BCUT2D eigenvalue weighted by molar-refractivity contribution is 5.33. The second kappa shape index (κ2) is 6.21. The average Bonchev–Trinajstić information content (AvgIpc) is 2.88. The van der Waals surface area contributed by atoms with E-state index in [1.807, 2.05) is 30.5 Å². The Morgan fingerprint density at radius 1 is 1.37 bits per heavy atom. The topological polar surface area (TPSA) is 54.7 Å². The van der Waals surface area contributed by atoms with Crippen molar-refractivity contribution in [3.8, 4) is 6.07 Å². The molecule has 98 valence electrons. The van der Waals surface area contributed by atoms with Crippen LogP contribution in [0.25, 0.3) is 0 Å². The minimum atomic E-state index is 0.122. The molecular formula is C16H19N3. The number of aromatic nitrogens is 1. The van der Waals surface area contributed by atoms with Gasteiger partial charge in [-0.05, 0) is 35.7 Å². The lowest BCUT2D eigenvalue weighted by Gasteiger charge is -2.08. The Kier molecular flexibility index (Phi) is 4.38. The Balaban J connectivity index is 2.09. The van der Waals surface area contributed by atoms with Crippen LogP contribution in [0.4, 0.5) is 0 Å². The van der Waals surface area contributed by atoms with Crippen LogP contribution in [-0.4, -0.2) is 4.57 Å². The van der Waals surface area contributed by atoms with Gasteiger partial charge in [-0.25, -0.2) is 0 Å². The molecular weight excluding hydrogens is 234 g/mol. The minimum absolute atomic E-state index is 0.122. The van der Waals surface area contributed by atoms with Crippen molar-refractivity contribution >= 4 is 0 Å². The van der Waals surface area contributed by atoms with Crippen molar-refractivity contribution in [2.75, 3.05) is 0 Å². The first-order chi connectivity index (χ1) is 9.22. The van der Waals surface area contributed by atoms with E-state index in [-0.39, 0.29) is 6.04 Å². The summed E-state index contributed by atoms with van der Waals surface area (Å²) in [5, 5.41) is 8.89. The molecule has 0 fully saturated rings. The molecule has 0 radical (unpaired) electrons. The van der Waals surface area contributed by atoms with Crippen LogP contribution in [0, 0.1) is 11.3 Å². The summed E-state index contributed by atoms with van der Waals surface area (Å²) in [6, 6.07) is 12.1. The number of hydrogen-bond donors (Lipinski definition) is 1. The molecule has 1 unspecified atom stereocenters.